The zero-order valence-electron chi connectivity index (χ0n) is 13.9. The zero-order chi connectivity index (χ0) is 16.1. The number of aromatic nitrogens is 1. The van der Waals surface area contributed by atoms with Gasteiger partial charge in [0.1, 0.15) is 5.82 Å². The number of nitrogens with one attached hydrogen (secondary N) is 1. The van der Waals surface area contributed by atoms with Gasteiger partial charge >= 0.3 is 0 Å². The van der Waals surface area contributed by atoms with Crippen LogP contribution in [0.4, 0.5) is 5.82 Å². The second-order valence-corrected chi connectivity index (χ2v) is 6.39. The number of piperazine rings is 1. The van der Waals surface area contributed by atoms with Gasteiger partial charge in [-0.2, -0.15) is 0 Å². The number of rotatable bonds is 4. The second kappa shape index (κ2) is 7.75. The fourth-order valence-corrected chi connectivity index (χ4v) is 3.38. The molecule has 2 aliphatic rings. The third-order valence-electron chi connectivity index (χ3n) is 4.96. The normalized spacial score (nSPS) is 20.7. The molecule has 0 spiro atoms. The van der Waals surface area contributed by atoms with Gasteiger partial charge in [-0.25, -0.2) is 4.98 Å². The predicted octanol–water partition coefficient (Wildman–Crippen LogP) is 0.414. The smallest absolute Gasteiger partial charge is 0.236 e. The largest absolute Gasteiger partial charge is 0.354 e. The van der Waals surface area contributed by atoms with Crippen molar-refractivity contribution in [1.29, 1.82) is 0 Å². The number of hydrogen-bond donors (Lipinski definition) is 1. The summed E-state index contributed by atoms with van der Waals surface area (Å²) in [6.07, 6.45) is 3.96. The highest BCUT2D eigenvalue weighted by Gasteiger charge is 2.25. The molecule has 0 aromatic carbocycles. The molecule has 126 valence electrons. The standard InChI is InChI=1S/C17H27N5O/c1-18-15-5-8-22(9-6-15)17(23)14-20-10-12-21(13-11-20)16-4-2-3-7-19-16/h2-4,7,15,18H,5-6,8-14H2,1H3. The lowest BCUT2D eigenvalue weighted by atomic mass is 10.1. The van der Waals surface area contributed by atoms with Crippen LogP contribution in [0, 0.1) is 0 Å². The van der Waals surface area contributed by atoms with Gasteiger partial charge in [0.05, 0.1) is 6.54 Å². The molecule has 1 N–H and O–H groups in total. The third-order valence-corrected chi connectivity index (χ3v) is 4.96. The van der Waals surface area contributed by atoms with E-state index in [1.807, 2.05) is 36.3 Å². The van der Waals surface area contributed by atoms with E-state index in [4.69, 9.17) is 0 Å². The quantitative estimate of drug-likeness (QED) is 0.872. The molecule has 2 fully saturated rings. The van der Waals surface area contributed by atoms with Gasteiger partial charge in [0.15, 0.2) is 0 Å². The summed E-state index contributed by atoms with van der Waals surface area (Å²) in [7, 11) is 2.00. The van der Waals surface area contributed by atoms with Gasteiger partial charge in [0.2, 0.25) is 5.91 Å². The van der Waals surface area contributed by atoms with E-state index in [-0.39, 0.29) is 5.91 Å². The summed E-state index contributed by atoms with van der Waals surface area (Å²) < 4.78 is 0. The minimum absolute atomic E-state index is 0.283. The van der Waals surface area contributed by atoms with Crippen LogP contribution in [-0.2, 0) is 4.79 Å². The van der Waals surface area contributed by atoms with Gasteiger partial charge in [-0.3, -0.25) is 9.69 Å². The minimum Gasteiger partial charge on any atom is -0.354 e. The number of nitrogens with zero attached hydrogens (tertiary/aromatic N) is 4. The minimum atomic E-state index is 0.283. The van der Waals surface area contributed by atoms with Crippen molar-refractivity contribution < 1.29 is 4.79 Å². The molecular weight excluding hydrogens is 290 g/mol. The number of carbonyl (C=O) groups is 1. The number of amides is 1. The zero-order valence-corrected chi connectivity index (χ0v) is 13.9. The molecule has 2 saturated heterocycles. The summed E-state index contributed by atoms with van der Waals surface area (Å²) in [5.74, 6) is 1.32. The second-order valence-electron chi connectivity index (χ2n) is 6.39. The van der Waals surface area contributed by atoms with Crippen molar-refractivity contribution in [3.05, 3.63) is 24.4 Å². The van der Waals surface area contributed by atoms with Crippen LogP contribution in [0.3, 0.4) is 0 Å². The van der Waals surface area contributed by atoms with Gasteiger partial charge in [-0.15, -0.1) is 0 Å². The average Bonchev–Trinajstić information content (AvgIpc) is 2.63. The maximum Gasteiger partial charge on any atom is 0.236 e. The van der Waals surface area contributed by atoms with Crippen LogP contribution in [0.15, 0.2) is 24.4 Å². The Labute approximate surface area is 138 Å². The molecule has 2 aliphatic heterocycles. The molecule has 1 aromatic heterocycles. The Bertz CT molecular complexity index is 493. The molecule has 3 rings (SSSR count). The highest BCUT2D eigenvalue weighted by atomic mass is 16.2. The van der Waals surface area contributed by atoms with Crippen LogP contribution in [0.5, 0.6) is 0 Å². The summed E-state index contributed by atoms with van der Waals surface area (Å²) in [5.41, 5.74) is 0. The van der Waals surface area contributed by atoms with Crippen LogP contribution in [-0.4, -0.2) is 79.6 Å². The van der Waals surface area contributed by atoms with Crippen LogP contribution < -0.4 is 10.2 Å². The predicted molar refractivity (Wildman–Crippen MR) is 91.6 cm³/mol. The van der Waals surface area contributed by atoms with Crippen LogP contribution >= 0.6 is 0 Å². The van der Waals surface area contributed by atoms with Crippen LogP contribution in [0.1, 0.15) is 12.8 Å². The van der Waals surface area contributed by atoms with E-state index in [9.17, 15) is 4.79 Å². The molecule has 0 unspecified atom stereocenters. The van der Waals surface area contributed by atoms with Gasteiger partial charge < -0.3 is 15.1 Å². The van der Waals surface area contributed by atoms with Gasteiger partial charge in [0, 0.05) is 51.5 Å². The SMILES string of the molecule is CNC1CCN(C(=O)CN2CCN(c3ccccn3)CC2)CC1. The summed E-state index contributed by atoms with van der Waals surface area (Å²) in [6, 6.07) is 6.58. The Balaban J connectivity index is 1.43. The Morgan fingerprint density at radius 3 is 2.52 bits per heavy atom. The van der Waals surface area contributed by atoms with Crippen molar-refractivity contribution in [1.82, 2.24) is 20.1 Å². The fraction of sp³-hybridized carbons (Fsp3) is 0.647. The van der Waals surface area contributed by atoms with E-state index < -0.39 is 0 Å². The number of pyridine rings is 1. The summed E-state index contributed by atoms with van der Waals surface area (Å²) in [6.45, 7) is 6.06. The molecule has 0 atom stereocenters. The molecular formula is C17H27N5O. The van der Waals surface area contributed by atoms with Crippen LogP contribution in [0.25, 0.3) is 0 Å². The Hall–Kier alpha value is -1.66. The lowest BCUT2D eigenvalue weighted by molar-refractivity contribution is -0.133. The number of likely N-dealkylation sites (tertiary alicyclic amines) is 1. The maximum atomic E-state index is 12.5. The van der Waals surface area contributed by atoms with Crippen molar-refractivity contribution in [3.63, 3.8) is 0 Å². The number of piperidine rings is 1. The van der Waals surface area contributed by atoms with Gasteiger partial charge in [-0.1, -0.05) is 6.07 Å². The average molecular weight is 317 g/mol. The number of carbonyl (C=O) groups excluding carboxylic acids is 1. The lowest BCUT2D eigenvalue weighted by Crippen LogP contribution is -2.52. The first-order valence-electron chi connectivity index (χ1n) is 8.59. The topological polar surface area (TPSA) is 51.7 Å². The number of anilines is 1. The molecule has 23 heavy (non-hydrogen) atoms. The molecule has 1 amide bonds. The van der Waals surface area contributed by atoms with E-state index >= 15 is 0 Å². The Morgan fingerprint density at radius 1 is 1.17 bits per heavy atom. The van der Waals surface area contributed by atoms with Crippen LogP contribution in [0.2, 0.25) is 0 Å². The maximum absolute atomic E-state index is 12.5. The van der Waals surface area contributed by atoms with Crippen molar-refractivity contribution in [3.8, 4) is 0 Å². The van der Waals surface area contributed by atoms with Crippen molar-refractivity contribution in [2.24, 2.45) is 0 Å². The number of hydrogen-bond acceptors (Lipinski definition) is 5. The molecule has 0 bridgehead atoms. The molecule has 1 aromatic rings. The Morgan fingerprint density at radius 2 is 1.91 bits per heavy atom. The van der Waals surface area contributed by atoms with E-state index in [1.165, 1.54) is 0 Å². The molecule has 6 heteroatoms. The summed E-state index contributed by atoms with van der Waals surface area (Å²) in [5, 5.41) is 3.31. The molecule has 0 radical (unpaired) electrons. The summed E-state index contributed by atoms with van der Waals surface area (Å²) >= 11 is 0. The first-order valence-corrected chi connectivity index (χ1v) is 8.59. The highest BCUT2D eigenvalue weighted by Crippen LogP contribution is 2.14. The van der Waals surface area contributed by atoms with E-state index in [1.54, 1.807) is 0 Å². The first-order chi connectivity index (χ1) is 11.3. The molecule has 0 saturated carbocycles. The highest BCUT2D eigenvalue weighted by molar-refractivity contribution is 5.78. The van der Waals surface area contributed by atoms with Crippen molar-refractivity contribution >= 4 is 11.7 Å². The summed E-state index contributed by atoms with van der Waals surface area (Å²) in [4.78, 5) is 23.4. The third kappa shape index (κ3) is 4.20. The van der Waals surface area contributed by atoms with E-state index in [0.717, 1.165) is 57.9 Å². The van der Waals surface area contributed by atoms with Crippen molar-refractivity contribution in [2.75, 3.05) is 57.8 Å². The first kappa shape index (κ1) is 16.2. The molecule has 6 nitrogen and oxygen atoms in total. The lowest BCUT2D eigenvalue weighted by Gasteiger charge is -2.37. The van der Waals surface area contributed by atoms with E-state index in [2.05, 4.69) is 20.1 Å². The van der Waals surface area contributed by atoms with Crippen molar-refractivity contribution in [2.45, 2.75) is 18.9 Å². The fourth-order valence-electron chi connectivity index (χ4n) is 3.38. The molecule has 3 heterocycles. The van der Waals surface area contributed by atoms with Gasteiger partial charge in [-0.05, 0) is 32.0 Å². The van der Waals surface area contributed by atoms with E-state index in [0.29, 0.717) is 12.6 Å². The monoisotopic (exact) mass is 317 g/mol. The Kier molecular flexibility index (Phi) is 5.46. The van der Waals surface area contributed by atoms with Gasteiger partial charge in [0.25, 0.3) is 0 Å². The molecule has 0 aliphatic carbocycles.